The smallest absolute Gasteiger partial charge is 0.196 e. The number of halogens is 2. The molecular formula is C20H21Cl2N3O3. The summed E-state index contributed by atoms with van der Waals surface area (Å²) in [6.45, 7) is 4.96. The van der Waals surface area contributed by atoms with Crippen molar-refractivity contribution in [1.82, 2.24) is 14.8 Å². The first kappa shape index (κ1) is 19.5. The molecule has 1 aliphatic carbocycles. The van der Waals surface area contributed by atoms with Crippen LogP contribution >= 0.6 is 23.2 Å². The summed E-state index contributed by atoms with van der Waals surface area (Å²) in [6.07, 6.45) is 6.96. The second-order valence-corrected chi connectivity index (χ2v) is 8.01. The molecule has 0 saturated carbocycles. The molecule has 1 aromatic carbocycles. The molecule has 148 valence electrons. The normalized spacial score (nSPS) is 30.1. The quantitative estimate of drug-likeness (QED) is 0.714. The molecule has 0 radical (unpaired) electrons. The van der Waals surface area contributed by atoms with Gasteiger partial charge in [0.05, 0.1) is 25.2 Å². The lowest BCUT2D eigenvalue weighted by atomic mass is 9.82. The van der Waals surface area contributed by atoms with E-state index >= 15 is 0 Å². The van der Waals surface area contributed by atoms with Crippen molar-refractivity contribution in [3.05, 3.63) is 64.9 Å². The van der Waals surface area contributed by atoms with Crippen LogP contribution in [-0.2, 0) is 16.0 Å². The van der Waals surface area contributed by atoms with Gasteiger partial charge in [-0.2, -0.15) is 5.10 Å². The molecule has 8 heteroatoms. The van der Waals surface area contributed by atoms with Gasteiger partial charge in [0.1, 0.15) is 24.2 Å². The third kappa shape index (κ3) is 3.96. The molecule has 1 aromatic heterocycles. The summed E-state index contributed by atoms with van der Waals surface area (Å²) in [5, 5.41) is 5.48. The Morgan fingerprint density at radius 2 is 2.04 bits per heavy atom. The van der Waals surface area contributed by atoms with Crippen LogP contribution in [0.3, 0.4) is 0 Å². The fourth-order valence-corrected chi connectivity index (χ4v) is 4.34. The van der Waals surface area contributed by atoms with E-state index in [4.69, 9.17) is 37.4 Å². The van der Waals surface area contributed by atoms with Crippen molar-refractivity contribution in [3.8, 4) is 5.75 Å². The zero-order valence-electron chi connectivity index (χ0n) is 15.6. The SMILES string of the molecule is CC1COC(Cn2cncn2)(C2C(Cl)=CC(Oc3ccc(Cl)cc3)=CC2C)O1. The Balaban J connectivity index is 1.58. The predicted octanol–water partition coefficient (Wildman–Crippen LogP) is 4.41. The number of hydrogen-bond donors (Lipinski definition) is 0. The number of hydrogen-bond acceptors (Lipinski definition) is 5. The van der Waals surface area contributed by atoms with Crippen LogP contribution in [-0.4, -0.2) is 33.3 Å². The molecule has 0 N–H and O–H groups in total. The second-order valence-electron chi connectivity index (χ2n) is 7.14. The number of aromatic nitrogens is 3. The van der Waals surface area contributed by atoms with E-state index in [0.717, 1.165) is 0 Å². The Bertz CT molecular complexity index is 883. The summed E-state index contributed by atoms with van der Waals surface area (Å²) in [7, 11) is 0. The monoisotopic (exact) mass is 421 g/mol. The van der Waals surface area contributed by atoms with Gasteiger partial charge in [-0.05, 0) is 49.3 Å². The average molecular weight is 422 g/mol. The highest BCUT2D eigenvalue weighted by Crippen LogP contribution is 2.45. The van der Waals surface area contributed by atoms with Crippen LogP contribution in [0, 0.1) is 11.8 Å². The Labute approximate surface area is 173 Å². The van der Waals surface area contributed by atoms with Crippen LogP contribution in [0.25, 0.3) is 0 Å². The van der Waals surface area contributed by atoms with Gasteiger partial charge >= 0.3 is 0 Å². The van der Waals surface area contributed by atoms with Crippen molar-refractivity contribution >= 4 is 23.2 Å². The Kier molecular flexibility index (Phi) is 5.47. The molecule has 0 spiro atoms. The van der Waals surface area contributed by atoms with Gasteiger partial charge in [0.15, 0.2) is 5.79 Å². The largest absolute Gasteiger partial charge is 0.458 e. The van der Waals surface area contributed by atoms with Gasteiger partial charge in [0.25, 0.3) is 0 Å². The summed E-state index contributed by atoms with van der Waals surface area (Å²) in [5.41, 5.74) is 0. The molecule has 28 heavy (non-hydrogen) atoms. The Hall–Kier alpha value is -1.86. The number of nitrogens with zero attached hydrogens (tertiary/aromatic N) is 3. The maximum Gasteiger partial charge on any atom is 0.196 e. The third-order valence-electron chi connectivity index (χ3n) is 4.87. The first-order valence-corrected chi connectivity index (χ1v) is 9.87. The minimum atomic E-state index is -0.914. The highest BCUT2D eigenvalue weighted by atomic mass is 35.5. The van der Waals surface area contributed by atoms with Crippen LogP contribution in [0.5, 0.6) is 5.75 Å². The zero-order valence-corrected chi connectivity index (χ0v) is 17.1. The standard InChI is InChI=1S/C20H21Cl2N3O3/c1-13-7-17(27-16-5-3-15(21)4-6-16)8-18(22)19(13)20(26-9-14(2)28-20)10-25-12-23-11-24-25/h3-8,11-14,19H,9-10H2,1-2H3. The number of ether oxygens (including phenoxy) is 3. The van der Waals surface area contributed by atoms with E-state index in [9.17, 15) is 0 Å². The molecule has 4 rings (SSSR count). The van der Waals surface area contributed by atoms with Crippen molar-refractivity contribution in [2.75, 3.05) is 6.61 Å². The van der Waals surface area contributed by atoms with Crippen molar-refractivity contribution in [1.29, 1.82) is 0 Å². The molecule has 2 aromatic rings. The van der Waals surface area contributed by atoms with E-state index in [-0.39, 0.29) is 17.9 Å². The highest BCUT2D eigenvalue weighted by molar-refractivity contribution is 6.30. The van der Waals surface area contributed by atoms with Crippen LogP contribution in [0.1, 0.15) is 13.8 Å². The highest BCUT2D eigenvalue weighted by Gasteiger charge is 2.51. The van der Waals surface area contributed by atoms with Gasteiger partial charge in [0.2, 0.25) is 0 Å². The van der Waals surface area contributed by atoms with Crippen LogP contribution in [0.2, 0.25) is 5.02 Å². The number of allylic oxidation sites excluding steroid dienone is 2. The lowest BCUT2D eigenvalue weighted by molar-refractivity contribution is -0.211. The molecule has 4 atom stereocenters. The maximum absolute atomic E-state index is 6.74. The van der Waals surface area contributed by atoms with E-state index in [1.807, 2.05) is 31.2 Å². The fourth-order valence-electron chi connectivity index (χ4n) is 3.74. The van der Waals surface area contributed by atoms with Crippen LogP contribution in [0.15, 0.2) is 59.9 Å². The van der Waals surface area contributed by atoms with Crippen LogP contribution < -0.4 is 4.74 Å². The van der Waals surface area contributed by atoms with Crippen molar-refractivity contribution < 1.29 is 14.2 Å². The molecule has 0 bridgehead atoms. The minimum absolute atomic E-state index is 0.0219. The van der Waals surface area contributed by atoms with Gasteiger partial charge in [-0.15, -0.1) is 0 Å². The summed E-state index contributed by atoms with van der Waals surface area (Å²) in [6, 6.07) is 7.20. The summed E-state index contributed by atoms with van der Waals surface area (Å²) in [4.78, 5) is 4.01. The Morgan fingerprint density at radius 1 is 1.25 bits per heavy atom. The fraction of sp³-hybridized carbons (Fsp3) is 0.400. The lowest BCUT2D eigenvalue weighted by Crippen LogP contribution is -2.47. The van der Waals surface area contributed by atoms with Gasteiger partial charge < -0.3 is 14.2 Å². The minimum Gasteiger partial charge on any atom is -0.458 e. The average Bonchev–Trinajstić information content (AvgIpc) is 3.27. The van der Waals surface area contributed by atoms with E-state index in [2.05, 4.69) is 17.0 Å². The molecule has 2 heterocycles. The van der Waals surface area contributed by atoms with Crippen molar-refractivity contribution in [2.24, 2.45) is 11.8 Å². The van der Waals surface area contributed by atoms with Gasteiger partial charge in [-0.25, -0.2) is 9.67 Å². The molecule has 1 fully saturated rings. The Morgan fingerprint density at radius 3 is 2.64 bits per heavy atom. The van der Waals surface area contributed by atoms with Crippen molar-refractivity contribution in [3.63, 3.8) is 0 Å². The number of benzene rings is 1. The molecule has 2 aliphatic rings. The summed E-state index contributed by atoms with van der Waals surface area (Å²) in [5.74, 6) is 0.288. The predicted molar refractivity (Wildman–Crippen MR) is 106 cm³/mol. The van der Waals surface area contributed by atoms with Gasteiger partial charge in [-0.3, -0.25) is 0 Å². The molecule has 0 amide bonds. The molecule has 1 aliphatic heterocycles. The molecular weight excluding hydrogens is 401 g/mol. The molecule has 4 unspecified atom stereocenters. The van der Waals surface area contributed by atoms with Gasteiger partial charge in [0, 0.05) is 10.1 Å². The maximum atomic E-state index is 6.74. The number of rotatable bonds is 5. The zero-order chi connectivity index (χ0) is 19.7. The van der Waals surface area contributed by atoms with Crippen molar-refractivity contribution in [2.45, 2.75) is 32.3 Å². The van der Waals surface area contributed by atoms with E-state index in [1.165, 1.54) is 6.33 Å². The molecule has 6 nitrogen and oxygen atoms in total. The lowest BCUT2D eigenvalue weighted by Gasteiger charge is -2.39. The second kappa shape index (κ2) is 7.87. The first-order chi connectivity index (χ1) is 13.4. The summed E-state index contributed by atoms with van der Waals surface area (Å²) >= 11 is 12.7. The van der Waals surface area contributed by atoms with Crippen LogP contribution in [0.4, 0.5) is 0 Å². The summed E-state index contributed by atoms with van der Waals surface area (Å²) < 4.78 is 20.1. The first-order valence-electron chi connectivity index (χ1n) is 9.12. The molecule has 1 saturated heterocycles. The third-order valence-corrected chi connectivity index (χ3v) is 5.46. The van der Waals surface area contributed by atoms with E-state index < -0.39 is 5.79 Å². The topological polar surface area (TPSA) is 58.4 Å². The van der Waals surface area contributed by atoms with E-state index in [0.29, 0.717) is 34.7 Å². The van der Waals surface area contributed by atoms with Gasteiger partial charge in [-0.1, -0.05) is 30.1 Å². The van der Waals surface area contributed by atoms with E-state index in [1.54, 1.807) is 23.1 Å².